The lowest BCUT2D eigenvalue weighted by Crippen LogP contribution is -1.88. The van der Waals surface area contributed by atoms with E-state index in [0.717, 1.165) is 15.8 Å². The predicted molar refractivity (Wildman–Crippen MR) is 49.8 cm³/mol. The number of rotatable bonds is 1. The van der Waals surface area contributed by atoms with Crippen molar-refractivity contribution < 1.29 is 4.92 Å². The molecule has 1 heterocycles. The van der Waals surface area contributed by atoms with Crippen LogP contribution >= 0.6 is 11.3 Å². The number of thiazole rings is 1. The molecular weight excluding hydrogens is 188 g/mol. The molecule has 0 saturated heterocycles. The highest BCUT2D eigenvalue weighted by atomic mass is 32.1. The van der Waals surface area contributed by atoms with Crippen molar-refractivity contribution >= 4 is 27.2 Å². The molecule has 0 bridgehead atoms. The van der Waals surface area contributed by atoms with Crippen molar-refractivity contribution in [3.05, 3.63) is 33.3 Å². The third kappa shape index (κ3) is 1.27. The van der Waals surface area contributed by atoms with Gasteiger partial charge in [0.25, 0.3) is 5.69 Å². The van der Waals surface area contributed by atoms with E-state index < -0.39 is 4.92 Å². The Morgan fingerprint density at radius 2 is 2.38 bits per heavy atom. The highest BCUT2D eigenvalue weighted by Gasteiger charge is 2.10. The Balaban J connectivity index is 2.77. The molecule has 65 valence electrons. The fourth-order valence-corrected chi connectivity index (χ4v) is 1.89. The van der Waals surface area contributed by atoms with Gasteiger partial charge >= 0.3 is 0 Å². The summed E-state index contributed by atoms with van der Waals surface area (Å²) in [5.74, 6) is 0. The van der Waals surface area contributed by atoms with E-state index in [9.17, 15) is 10.1 Å². The van der Waals surface area contributed by atoms with E-state index in [4.69, 9.17) is 0 Å². The van der Waals surface area contributed by atoms with Gasteiger partial charge in [-0.05, 0) is 12.5 Å². The first-order valence-corrected chi connectivity index (χ1v) is 4.42. The van der Waals surface area contributed by atoms with Crippen molar-refractivity contribution in [3.63, 3.8) is 0 Å². The topological polar surface area (TPSA) is 56.0 Å². The minimum Gasteiger partial charge on any atom is -0.258 e. The minimum absolute atomic E-state index is 0.114. The second kappa shape index (κ2) is 2.77. The molecule has 0 spiro atoms. The molecule has 0 aliphatic heterocycles. The first-order valence-electron chi connectivity index (χ1n) is 3.60. The zero-order valence-electron chi connectivity index (χ0n) is 6.77. The van der Waals surface area contributed by atoms with Crippen LogP contribution in [-0.2, 0) is 0 Å². The second-order valence-electron chi connectivity index (χ2n) is 2.67. The molecule has 0 saturated carbocycles. The van der Waals surface area contributed by atoms with Gasteiger partial charge in [0.2, 0.25) is 0 Å². The average molecular weight is 193 g/mol. The van der Waals surface area contributed by atoms with Crippen LogP contribution in [0.15, 0.2) is 12.1 Å². The maximum atomic E-state index is 10.5. The molecular formula is C8H5N2O2S. The summed E-state index contributed by atoms with van der Waals surface area (Å²) in [4.78, 5) is 14.1. The minimum atomic E-state index is -0.397. The lowest BCUT2D eigenvalue weighted by molar-refractivity contribution is -0.384. The zero-order chi connectivity index (χ0) is 9.42. The van der Waals surface area contributed by atoms with E-state index in [1.54, 1.807) is 0 Å². The number of aryl methyl sites for hydroxylation is 1. The van der Waals surface area contributed by atoms with Crippen molar-refractivity contribution in [3.8, 4) is 0 Å². The molecule has 1 aromatic carbocycles. The van der Waals surface area contributed by atoms with Crippen molar-refractivity contribution in [2.75, 3.05) is 0 Å². The quantitative estimate of drug-likeness (QED) is 0.515. The summed E-state index contributed by atoms with van der Waals surface area (Å²) in [6.45, 7) is 1.81. The highest BCUT2D eigenvalue weighted by molar-refractivity contribution is 7.16. The van der Waals surface area contributed by atoms with Crippen LogP contribution in [-0.4, -0.2) is 9.91 Å². The zero-order valence-corrected chi connectivity index (χ0v) is 7.59. The standard InChI is InChI=1S/C8H5N2O2S/c1-5-2-6(10(11)12)3-7-8(5)9-4-13-7/h2-3H,1H3. The first-order chi connectivity index (χ1) is 6.18. The predicted octanol–water partition coefficient (Wildman–Crippen LogP) is 2.31. The van der Waals surface area contributed by atoms with Crippen molar-refractivity contribution in [1.82, 2.24) is 4.98 Å². The third-order valence-corrected chi connectivity index (χ3v) is 2.49. The Morgan fingerprint density at radius 1 is 1.62 bits per heavy atom. The van der Waals surface area contributed by atoms with E-state index in [1.807, 2.05) is 6.92 Å². The van der Waals surface area contributed by atoms with E-state index in [-0.39, 0.29) is 5.69 Å². The van der Waals surface area contributed by atoms with Gasteiger partial charge in [-0.1, -0.05) is 0 Å². The summed E-state index contributed by atoms with van der Waals surface area (Å²) in [5.41, 5.74) is 4.45. The Kier molecular flexibility index (Phi) is 1.73. The van der Waals surface area contributed by atoms with Gasteiger partial charge < -0.3 is 0 Å². The molecule has 2 aromatic rings. The van der Waals surface area contributed by atoms with Crippen LogP contribution in [0.5, 0.6) is 0 Å². The Morgan fingerprint density at radius 3 is 3.08 bits per heavy atom. The smallest absolute Gasteiger partial charge is 0.258 e. The Hall–Kier alpha value is -1.49. The Bertz CT molecular complexity index is 478. The van der Waals surface area contributed by atoms with Gasteiger partial charge in [0.15, 0.2) is 5.51 Å². The molecule has 0 aliphatic rings. The lowest BCUT2D eigenvalue weighted by atomic mass is 10.2. The molecule has 0 N–H and O–H groups in total. The average Bonchev–Trinajstić information content (AvgIpc) is 2.51. The molecule has 13 heavy (non-hydrogen) atoms. The maximum Gasteiger partial charge on any atom is 0.271 e. The summed E-state index contributed by atoms with van der Waals surface area (Å²) in [5, 5.41) is 10.5. The number of hydrogen-bond donors (Lipinski definition) is 0. The van der Waals surface area contributed by atoms with Gasteiger partial charge in [0.1, 0.15) is 0 Å². The van der Waals surface area contributed by atoms with Crippen LogP contribution in [0.25, 0.3) is 10.2 Å². The number of non-ortho nitro benzene ring substituents is 1. The largest absolute Gasteiger partial charge is 0.271 e. The third-order valence-electron chi connectivity index (χ3n) is 1.77. The summed E-state index contributed by atoms with van der Waals surface area (Å²) in [6, 6.07) is 3.05. The van der Waals surface area contributed by atoms with Gasteiger partial charge in [-0.15, -0.1) is 11.3 Å². The van der Waals surface area contributed by atoms with Crippen LogP contribution < -0.4 is 0 Å². The summed E-state index contributed by atoms with van der Waals surface area (Å²) in [6.07, 6.45) is 0. The first kappa shape index (κ1) is 8.12. The highest BCUT2D eigenvalue weighted by Crippen LogP contribution is 2.26. The van der Waals surface area contributed by atoms with Crippen LogP contribution in [0.4, 0.5) is 5.69 Å². The fraction of sp³-hybridized carbons (Fsp3) is 0.125. The normalized spacial score (nSPS) is 10.5. The fourth-order valence-electron chi connectivity index (χ4n) is 1.17. The lowest BCUT2D eigenvalue weighted by Gasteiger charge is -1.94. The van der Waals surface area contributed by atoms with Crippen LogP contribution in [0.3, 0.4) is 0 Å². The van der Waals surface area contributed by atoms with Crippen molar-refractivity contribution in [2.45, 2.75) is 6.92 Å². The summed E-state index contributed by atoms with van der Waals surface area (Å²) < 4.78 is 0.812. The Labute approximate surface area is 78.0 Å². The van der Waals surface area contributed by atoms with Gasteiger partial charge in [-0.2, -0.15) is 0 Å². The number of nitro benzene ring substituents is 1. The number of aromatic nitrogens is 1. The number of nitrogens with zero attached hydrogens (tertiary/aromatic N) is 2. The van der Waals surface area contributed by atoms with Crippen LogP contribution in [0.1, 0.15) is 5.56 Å². The molecule has 1 aromatic heterocycles. The van der Waals surface area contributed by atoms with Gasteiger partial charge in [-0.3, -0.25) is 10.1 Å². The molecule has 4 nitrogen and oxygen atoms in total. The maximum absolute atomic E-state index is 10.5. The number of fused-ring (bicyclic) bond motifs is 1. The second-order valence-corrected chi connectivity index (χ2v) is 3.50. The molecule has 2 rings (SSSR count). The molecule has 1 radical (unpaired) electrons. The van der Waals surface area contributed by atoms with Gasteiger partial charge in [-0.25, -0.2) is 4.98 Å². The molecule has 5 heteroatoms. The van der Waals surface area contributed by atoms with Gasteiger partial charge in [0.05, 0.1) is 15.1 Å². The summed E-state index contributed by atoms with van der Waals surface area (Å²) >= 11 is 1.29. The number of hydrogen-bond acceptors (Lipinski definition) is 4. The van der Waals surface area contributed by atoms with Crippen LogP contribution in [0, 0.1) is 22.5 Å². The van der Waals surface area contributed by atoms with Crippen LogP contribution in [0.2, 0.25) is 0 Å². The molecule has 0 aliphatic carbocycles. The molecule has 0 amide bonds. The molecule has 0 atom stereocenters. The van der Waals surface area contributed by atoms with E-state index in [1.165, 1.54) is 23.5 Å². The molecule has 0 unspecified atom stereocenters. The summed E-state index contributed by atoms with van der Waals surface area (Å²) in [7, 11) is 0. The van der Waals surface area contributed by atoms with Crippen molar-refractivity contribution in [2.24, 2.45) is 0 Å². The SMILES string of the molecule is Cc1cc([N+](=O)[O-])cc2s[c]nc12. The van der Waals surface area contributed by atoms with E-state index in [0.29, 0.717) is 0 Å². The van der Waals surface area contributed by atoms with E-state index in [2.05, 4.69) is 10.5 Å². The van der Waals surface area contributed by atoms with Crippen molar-refractivity contribution in [1.29, 1.82) is 0 Å². The monoisotopic (exact) mass is 193 g/mol. The van der Waals surface area contributed by atoms with E-state index >= 15 is 0 Å². The molecule has 0 fully saturated rings. The van der Waals surface area contributed by atoms with Gasteiger partial charge in [0, 0.05) is 12.1 Å². The number of nitro groups is 1. The number of benzene rings is 1.